The van der Waals surface area contributed by atoms with Gasteiger partial charge in [-0.05, 0) is 0 Å². The zero-order chi connectivity index (χ0) is 41.4. The van der Waals surface area contributed by atoms with Crippen LogP contribution in [0.4, 0.5) is 25.1 Å². The molecule has 2 saturated heterocycles. The lowest BCUT2D eigenvalue weighted by Gasteiger charge is -2.23. The third-order valence-electron chi connectivity index (χ3n) is 8.43. The summed E-state index contributed by atoms with van der Waals surface area (Å²) in [5.74, 6) is -3.60. The number of imidazole rings is 2. The number of aliphatic hydroxyl groups excluding tert-OH is 3. The van der Waals surface area contributed by atoms with Crippen LogP contribution < -0.4 is 31.7 Å². The van der Waals surface area contributed by atoms with Gasteiger partial charge in [-0.15, -0.1) is 0 Å². The molecule has 0 aromatic carbocycles. The van der Waals surface area contributed by atoms with Gasteiger partial charge in [-0.25, -0.2) is 22.8 Å². The number of H-pyrrole nitrogens is 2. The number of anilines is 2. The van der Waals surface area contributed by atoms with Crippen molar-refractivity contribution in [1.29, 1.82) is 0 Å². The summed E-state index contributed by atoms with van der Waals surface area (Å²) in [5.41, 5.74) is 9.04. The first-order chi connectivity index (χ1) is 25.8. The van der Waals surface area contributed by atoms with Gasteiger partial charge in [-0.2, -0.15) is 21.8 Å². The summed E-state index contributed by atoms with van der Waals surface area (Å²) in [6, 6.07) is 0. The van der Waals surface area contributed by atoms with Gasteiger partial charge in [0.15, 0.2) is 12.7 Å². The van der Waals surface area contributed by atoms with E-state index >= 15 is 0 Å². The van der Waals surface area contributed by atoms with Gasteiger partial charge in [-0.3, -0.25) is 37.7 Å². The number of hydrogen-bond donors (Lipinski definition) is 10. The van der Waals surface area contributed by atoms with E-state index in [1.165, 1.54) is 25.0 Å². The average Bonchev–Trinajstić information content (AvgIpc) is 3.74. The maximum absolute atomic E-state index is 14.1. The predicted octanol–water partition coefficient (Wildman–Crippen LogP) is -3.30. The van der Waals surface area contributed by atoms with Crippen LogP contribution in [0.25, 0.3) is 22.3 Å². The van der Waals surface area contributed by atoms with Crippen LogP contribution in [0.5, 0.6) is 0 Å². The summed E-state index contributed by atoms with van der Waals surface area (Å²) in [4.78, 5) is 67.0. The highest BCUT2D eigenvalue weighted by molar-refractivity contribution is 7.66. The van der Waals surface area contributed by atoms with Crippen molar-refractivity contribution in [2.24, 2.45) is 20.0 Å². The lowest BCUT2D eigenvalue weighted by molar-refractivity contribution is -0.746. The maximum Gasteiger partial charge on any atom is 0.490 e. The second-order valence-corrected chi connectivity index (χ2v) is 17.0. The number of rotatable bonds is 12. The number of phosphoric ester groups is 2. The third kappa shape index (κ3) is 8.17. The summed E-state index contributed by atoms with van der Waals surface area (Å²) in [5, 5.41) is 31.8. The molecule has 4 unspecified atom stereocenters. The standard InChI is InChI=1S/C23H30F3N10O17P3/c1-33-5-35(15-10(33)17(40)31-21(27)29-15)19-13(38)9(23(24,25)26)7(50-19)3-48-54(42,43)52-56(46,47)53-55(44,45)49-4-8-12(37)14(39)20(51-8)36-6-34(2)11-16(36)30-22(28)32-18(11)41/h5-9,12-14,19-20,37-39H,3-4H2,1-2H3,(H7-2,27,28,29,30,31,32,40,41,42,43,44,45,46,47)/p+2/t7-,8-,9-,12-,13?,14-,19-,20-/m1/s1. The van der Waals surface area contributed by atoms with Crippen LogP contribution in [0.2, 0.25) is 0 Å². The molecule has 6 rings (SSSR count). The number of ether oxygens (including phenoxy) is 2. The van der Waals surface area contributed by atoms with Gasteiger partial charge in [0.25, 0.3) is 23.0 Å². The molecule has 33 heteroatoms. The van der Waals surface area contributed by atoms with E-state index in [-0.39, 0.29) is 28.3 Å². The largest absolute Gasteiger partial charge is 0.490 e. The number of aliphatic hydroxyl groups is 3. The molecule has 0 saturated carbocycles. The van der Waals surface area contributed by atoms with Crippen LogP contribution in [0, 0.1) is 5.92 Å². The van der Waals surface area contributed by atoms with Crippen LogP contribution in [0.15, 0.2) is 22.2 Å². The number of aromatic amines is 2. The van der Waals surface area contributed by atoms with Gasteiger partial charge >= 0.3 is 40.9 Å². The molecule has 6 heterocycles. The minimum absolute atomic E-state index is 0.0266. The van der Waals surface area contributed by atoms with E-state index < -0.39 is 109 Å². The van der Waals surface area contributed by atoms with Crippen LogP contribution in [0.3, 0.4) is 0 Å². The molecular weight excluding hydrogens is 838 g/mol. The van der Waals surface area contributed by atoms with Crippen molar-refractivity contribution in [3.63, 3.8) is 0 Å². The highest BCUT2D eigenvalue weighted by atomic mass is 31.3. The van der Waals surface area contributed by atoms with Crippen molar-refractivity contribution < 1.29 is 93.1 Å². The summed E-state index contributed by atoms with van der Waals surface area (Å²) < 4.78 is 112. The Hall–Kier alpha value is -3.70. The number of fused-ring (bicyclic) bond motifs is 2. The van der Waals surface area contributed by atoms with Gasteiger partial charge in [-0.1, -0.05) is 9.97 Å². The van der Waals surface area contributed by atoms with Crippen molar-refractivity contribution in [3.05, 3.63) is 33.4 Å². The number of phosphoric acid groups is 3. The minimum Gasteiger partial charge on any atom is -0.387 e. The van der Waals surface area contributed by atoms with Gasteiger partial charge in [0, 0.05) is 0 Å². The molecule has 0 aliphatic carbocycles. The normalized spacial score (nSPS) is 29.1. The van der Waals surface area contributed by atoms with E-state index in [9.17, 15) is 66.5 Å². The molecule has 27 nitrogen and oxygen atoms in total. The molecule has 0 amide bonds. The number of halogens is 3. The lowest BCUT2D eigenvalue weighted by atomic mass is 9.98. The second kappa shape index (κ2) is 14.6. The molecule has 4 aromatic heterocycles. The molecule has 12 N–H and O–H groups in total. The Morgan fingerprint density at radius 2 is 1.18 bits per heavy atom. The Bertz CT molecular complexity index is 2440. The molecule has 0 spiro atoms. The van der Waals surface area contributed by atoms with Gasteiger partial charge in [0.2, 0.25) is 23.5 Å². The van der Waals surface area contributed by atoms with Gasteiger partial charge < -0.3 is 50.9 Å². The summed E-state index contributed by atoms with van der Waals surface area (Å²) in [6.45, 7) is -2.73. The molecule has 4 aromatic rings. The van der Waals surface area contributed by atoms with E-state index in [4.69, 9.17) is 20.9 Å². The van der Waals surface area contributed by atoms with Gasteiger partial charge in [0.05, 0.1) is 33.4 Å². The Morgan fingerprint density at radius 1 is 0.768 bits per heavy atom. The van der Waals surface area contributed by atoms with E-state index in [0.29, 0.717) is 0 Å². The minimum atomic E-state index is -6.19. The van der Waals surface area contributed by atoms with Crippen LogP contribution in [-0.2, 0) is 54.9 Å². The van der Waals surface area contributed by atoms with Crippen molar-refractivity contribution in [1.82, 2.24) is 29.1 Å². The number of nitrogens with one attached hydrogen (secondary N) is 2. The Balaban J connectivity index is 1.09. The SMILES string of the molecule is Cn1c[n+]([C@@H]2O[C@H](COP(=O)(O)OP(=O)(O)OP(=O)(O)OC[C@H]3O[C@@H]([n+]4cn(C)c5c(=O)[nH]c(N)nc54)[C@H](O)[C@@H]3O)[C@@H](C(F)(F)F)C2O)c2nc(N)[nH]c(=O)c21. The molecule has 310 valence electrons. The highest BCUT2D eigenvalue weighted by Crippen LogP contribution is 2.68. The van der Waals surface area contributed by atoms with Crippen molar-refractivity contribution in [2.45, 2.75) is 49.2 Å². The Kier molecular flexibility index (Phi) is 10.9. The Labute approximate surface area is 307 Å². The summed E-state index contributed by atoms with van der Waals surface area (Å²) in [6.07, 6.45) is -16.6. The quantitative estimate of drug-likeness (QED) is 0.0492. The molecular formula is C23H32F3N10O17P3+2. The Morgan fingerprint density at radius 3 is 1.62 bits per heavy atom. The first-order valence-corrected chi connectivity index (χ1v) is 19.9. The molecule has 2 aliphatic heterocycles. The van der Waals surface area contributed by atoms with Gasteiger partial charge in [0.1, 0.15) is 30.3 Å². The number of nitrogen functional groups attached to an aromatic ring is 2. The number of aromatic nitrogens is 8. The van der Waals surface area contributed by atoms with Crippen molar-refractivity contribution >= 4 is 57.7 Å². The van der Waals surface area contributed by atoms with Crippen LogP contribution >= 0.6 is 23.5 Å². The maximum atomic E-state index is 14.1. The number of aryl methyl sites for hydroxylation is 2. The second-order valence-electron chi connectivity index (χ2n) is 12.3. The summed E-state index contributed by atoms with van der Waals surface area (Å²) >= 11 is 0. The predicted molar refractivity (Wildman–Crippen MR) is 171 cm³/mol. The fourth-order valence-corrected chi connectivity index (χ4v) is 9.71. The fourth-order valence-electron chi connectivity index (χ4n) is 6.18. The molecule has 0 radical (unpaired) electrons. The third-order valence-corrected chi connectivity index (χ3v) is 12.7. The van der Waals surface area contributed by atoms with Crippen LogP contribution in [0.1, 0.15) is 12.5 Å². The molecule has 2 fully saturated rings. The highest BCUT2D eigenvalue weighted by Gasteiger charge is 2.60. The van der Waals surface area contributed by atoms with E-state index in [2.05, 4.69) is 37.6 Å². The van der Waals surface area contributed by atoms with Crippen LogP contribution in [-0.4, -0.2) is 109 Å². The van der Waals surface area contributed by atoms with E-state index in [1.54, 1.807) is 0 Å². The fraction of sp³-hybridized carbons (Fsp3) is 0.565. The number of alkyl halides is 3. The number of nitrogens with two attached hydrogens (primary N) is 2. The van der Waals surface area contributed by atoms with E-state index in [0.717, 1.165) is 20.0 Å². The van der Waals surface area contributed by atoms with Crippen molar-refractivity contribution in [2.75, 3.05) is 24.7 Å². The molecule has 0 bridgehead atoms. The smallest absolute Gasteiger partial charge is 0.387 e. The van der Waals surface area contributed by atoms with E-state index in [1.807, 2.05) is 0 Å². The summed E-state index contributed by atoms with van der Waals surface area (Å²) in [7, 11) is -15.3. The monoisotopic (exact) mass is 870 g/mol. The number of nitrogens with zero attached hydrogens (tertiary/aromatic N) is 6. The zero-order valence-electron chi connectivity index (χ0n) is 28.2. The molecule has 11 atom stereocenters. The van der Waals surface area contributed by atoms with Crippen molar-refractivity contribution in [3.8, 4) is 0 Å². The first kappa shape index (κ1) is 41.9. The first-order valence-electron chi connectivity index (χ1n) is 15.4. The lowest BCUT2D eigenvalue weighted by Crippen LogP contribution is -2.47. The molecule has 2 aliphatic rings. The topological polar surface area (TPSA) is 389 Å². The zero-order valence-corrected chi connectivity index (χ0v) is 30.9. The average molecular weight is 870 g/mol. The molecule has 56 heavy (non-hydrogen) atoms. The number of hydrogen-bond acceptors (Lipinski definition) is 18.